The monoisotopic (exact) mass is 602 g/mol. The first-order valence-corrected chi connectivity index (χ1v) is 14.3. The van der Waals surface area contributed by atoms with Crippen LogP contribution in [-0.2, 0) is 9.53 Å². The fourth-order valence-electron chi connectivity index (χ4n) is 4.89. The lowest BCUT2D eigenvalue weighted by Crippen LogP contribution is -2.42. The summed E-state index contributed by atoms with van der Waals surface area (Å²) in [5.74, 6) is 0.324. The number of ether oxygens (including phenoxy) is 3. The summed E-state index contributed by atoms with van der Waals surface area (Å²) >= 11 is 6.39. The highest BCUT2D eigenvalue weighted by atomic mass is 35.5. The van der Waals surface area contributed by atoms with E-state index in [1.807, 2.05) is 0 Å². The van der Waals surface area contributed by atoms with E-state index in [1.165, 1.54) is 10.9 Å². The molecule has 1 unspecified atom stereocenters. The highest BCUT2D eigenvalue weighted by Gasteiger charge is 2.30. The lowest BCUT2D eigenvalue weighted by molar-refractivity contribution is -0.149. The third-order valence-electron chi connectivity index (χ3n) is 7.00. The van der Waals surface area contributed by atoms with Gasteiger partial charge in [0.2, 0.25) is 0 Å². The molecule has 0 saturated carbocycles. The first kappa shape index (κ1) is 29.7. The van der Waals surface area contributed by atoms with Crippen molar-refractivity contribution in [2.45, 2.75) is 19.8 Å². The summed E-state index contributed by atoms with van der Waals surface area (Å²) in [6, 6.07) is 20.6. The molecule has 1 fully saturated rings. The molecule has 1 saturated heterocycles. The van der Waals surface area contributed by atoms with E-state index in [0.717, 1.165) is 0 Å². The quantitative estimate of drug-likeness (QED) is 0.238. The van der Waals surface area contributed by atoms with Crippen LogP contribution in [0.5, 0.6) is 17.2 Å². The molecular formula is C32H31ClN4O6. The van der Waals surface area contributed by atoms with Crippen LogP contribution in [0.25, 0.3) is 5.69 Å². The SMILES string of the molecule is CCOC(=O)C1CCCN(C(=O)c2cccc(Nc3c(Oc4cccc(OC)c4)cnn(-c4ccccc4Cl)c3=O)c2)C1. The Kier molecular flexibility index (Phi) is 9.26. The molecular weight excluding hydrogens is 572 g/mol. The van der Waals surface area contributed by atoms with Crippen LogP contribution in [0.15, 0.2) is 83.8 Å². The molecule has 0 bridgehead atoms. The van der Waals surface area contributed by atoms with E-state index in [-0.39, 0.29) is 29.2 Å². The van der Waals surface area contributed by atoms with Crippen LogP contribution in [-0.4, -0.2) is 53.4 Å². The number of piperidine rings is 1. The number of para-hydroxylation sites is 1. The Balaban J connectivity index is 1.47. The van der Waals surface area contributed by atoms with Crippen molar-refractivity contribution in [1.29, 1.82) is 0 Å². The molecule has 1 aliphatic heterocycles. The van der Waals surface area contributed by atoms with E-state index in [1.54, 1.807) is 91.7 Å². The van der Waals surface area contributed by atoms with Gasteiger partial charge in [0.05, 0.1) is 36.5 Å². The number of methoxy groups -OCH3 is 1. The number of amides is 1. The summed E-state index contributed by atoms with van der Waals surface area (Å²) in [7, 11) is 1.55. The normalized spacial score (nSPS) is 14.6. The Morgan fingerprint density at radius 3 is 2.63 bits per heavy atom. The molecule has 4 aromatic rings. The van der Waals surface area contributed by atoms with Crippen molar-refractivity contribution in [3.63, 3.8) is 0 Å². The molecule has 1 aromatic heterocycles. The van der Waals surface area contributed by atoms with Crippen LogP contribution in [0.3, 0.4) is 0 Å². The minimum Gasteiger partial charge on any atom is -0.497 e. The summed E-state index contributed by atoms with van der Waals surface area (Å²) in [4.78, 5) is 41.3. The van der Waals surface area contributed by atoms with Gasteiger partial charge in [-0.2, -0.15) is 9.78 Å². The Labute approximate surface area is 253 Å². The van der Waals surface area contributed by atoms with E-state index >= 15 is 0 Å². The molecule has 2 heterocycles. The molecule has 0 spiro atoms. The fourth-order valence-corrected chi connectivity index (χ4v) is 5.10. The number of aromatic nitrogens is 2. The van der Waals surface area contributed by atoms with Crippen LogP contribution in [0.4, 0.5) is 11.4 Å². The zero-order valence-corrected chi connectivity index (χ0v) is 24.5. The smallest absolute Gasteiger partial charge is 0.310 e. The number of carbonyl (C=O) groups is 2. The lowest BCUT2D eigenvalue weighted by Gasteiger charge is -2.31. The Hall–Kier alpha value is -4.83. The number of nitrogens with zero attached hydrogens (tertiary/aromatic N) is 3. The molecule has 10 nitrogen and oxygen atoms in total. The summed E-state index contributed by atoms with van der Waals surface area (Å²) < 4.78 is 17.7. The van der Waals surface area contributed by atoms with Crippen molar-refractivity contribution in [3.8, 4) is 22.9 Å². The van der Waals surface area contributed by atoms with Gasteiger partial charge in [-0.3, -0.25) is 14.4 Å². The summed E-state index contributed by atoms with van der Waals surface area (Å²) in [5, 5.41) is 7.81. The van der Waals surface area contributed by atoms with Crippen LogP contribution in [0.2, 0.25) is 5.02 Å². The second-order valence-corrected chi connectivity index (χ2v) is 10.3. The Morgan fingerprint density at radius 1 is 1.05 bits per heavy atom. The van der Waals surface area contributed by atoms with Gasteiger partial charge in [-0.25, -0.2) is 0 Å². The third kappa shape index (κ3) is 6.81. The molecule has 11 heteroatoms. The highest BCUT2D eigenvalue weighted by molar-refractivity contribution is 6.32. The maximum atomic E-state index is 13.8. The van der Waals surface area contributed by atoms with Gasteiger partial charge in [-0.1, -0.05) is 35.9 Å². The molecule has 1 amide bonds. The number of anilines is 2. The number of carbonyl (C=O) groups excluding carboxylic acids is 2. The van der Waals surface area contributed by atoms with Gasteiger partial charge in [0.15, 0.2) is 11.4 Å². The topological polar surface area (TPSA) is 112 Å². The van der Waals surface area contributed by atoms with Crippen molar-refractivity contribution in [3.05, 3.63) is 99.9 Å². The number of benzene rings is 3. The van der Waals surface area contributed by atoms with E-state index in [0.29, 0.717) is 66.0 Å². The number of esters is 1. The van der Waals surface area contributed by atoms with E-state index in [2.05, 4.69) is 10.4 Å². The summed E-state index contributed by atoms with van der Waals surface area (Å²) in [6.07, 6.45) is 2.81. The first-order chi connectivity index (χ1) is 20.9. The number of halogens is 1. The number of hydrogen-bond acceptors (Lipinski definition) is 8. The zero-order valence-electron chi connectivity index (χ0n) is 23.8. The van der Waals surface area contributed by atoms with Crippen molar-refractivity contribution in [1.82, 2.24) is 14.7 Å². The number of likely N-dealkylation sites (tertiary alicyclic amines) is 1. The molecule has 5 rings (SSSR count). The van der Waals surface area contributed by atoms with Crippen molar-refractivity contribution in [2.24, 2.45) is 5.92 Å². The van der Waals surface area contributed by atoms with Crippen molar-refractivity contribution >= 4 is 34.9 Å². The molecule has 43 heavy (non-hydrogen) atoms. The van der Waals surface area contributed by atoms with Crippen LogP contribution >= 0.6 is 11.6 Å². The highest BCUT2D eigenvalue weighted by Crippen LogP contribution is 2.31. The van der Waals surface area contributed by atoms with Crippen molar-refractivity contribution in [2.75, 3.05) is 32.1 Å². The van der Waals surface area contributed by atoms with Gasteiger partial charge in [0.25, 0.3) is 11.5 Å². The number of rotatable bonds is 9. The number of hydrogen-bond donors (Lipinski definition) is 1. The summed E-state index contributed by atoms with van der Waals surface area (Å²) in [5.41, 5.74) is 0.858. The minimum absolute atomic E-state index is 0.0858. The largest absolute Gasteiger partial charge is 0.497 e. The van der Waals surface area contributed by atoms with E-state index < -0.39 is 5.56 Å². The average Bonchev–Trinajstić information content (AvgIpc) is 3.03. The van der Waals surface area contributed by atoms with Crippen LogP contribution in [0.1, 0.15) is 30.1 Å². The fraction of sp³-hybridized carbons (Fsp3) is 0.250. The van der Waals surface area contributed by atoms with Gasteiger partial charge >= 0.3 is 5.97 Å². The second kappa shape index (κ2) is 13.4. The summed E-state index contributed by atoms with van der Waals surface area (Å²) in [6.45, 7) is 2.90. The minimum atomic E-state index is -0.515. The molecule has 0 radical (unpaired) electrons. The van der Waals surface area contributed by atoms with Gasteiger partial charge < -0.3 is 24.4 Å². The van der Waals surface area contributed by atoms with Gasteiger partial charge in [0, 0.05) is 30.4 Å². The van der Waals surface area contributed by atoms with E-state index in [4.69, 9.17) is 25.8 Å². The van der Waals surface area contributed by atoms with Gasteiger partial charge in [-0.05, 0) is 62.2 Å². The average molecular weight is 603 g/mol. The second-order valence-electron chi connectivity index (χ2n) is 9.88. The van der Waals surface area contributed by atoms with Crippen LogP contribution < -0.4 is 20.3 Å². The molecule has 0 aliphatic carbocycles. The standard InChI is InChI=1S/C32H31ClN4O6/c1-3-42-32(40)22-10-8-16-36(20-22)30(38)21-9-6-11-23(17-21)35-29-28(43-25-13-7-12-24(18-25)41-2)19-34-37(31(29)39)27-15-5-4-14-26(27)33/h4-7,9,11-15,17-19,22,35H,3,8,10,16,20H2,1-2H3. The Morgan fingerprint density at radius 2 is 1.84 bits per heavy atom. The van der Waals surface area contributed by atoms with E-state index in [9.17, 15) is 14.4 Å². The molecule has 222 valence electrons. The maximum absolute atomic E-state index is 13.8. The predicted octanol–water partition coefficient (Wildman–Crippen LogP) is 5.85. The van der Waals surface area contributed by atoms with Crippen molar-refractivity contribution < 1.29 is 23.8 Å². The van der Waals surface area contributed by atoms with Gasteiger partial charge in [0.1, 0.15) is 11.5 Å². The third-order valence-corrected chi connectivity index (χ3v) is 7.32. The predicted molar refractivity (Wildman–Crippen MR) is 163 cm³/mol. The van der Waals surface area contributed by atoms with Gasteiger partial charge in [-0.15, -0.1) is 0 Å². The molecule has 1 aliphatic rings. The molecule has 3 aromatic carbocycles. The Bertz CT molecular complexity index is 1690. The zero-order chi connectivity index (χ0) is 30.3. The molecule has 1 atom stereocenters. The molecule has 1 N–H and O–H groups in total. The maximum Gasteiger partial charge on any atom is 0.310 e. The van der Waals surface area contributed by atoms with Crippen LogP contribution in [0, 0.1) is 5.92 Å². The lowest BCUT2D eigenvalue weighted by atomic mass is 9.97. The number of nitrogens with one attached hydrogen (secondary N) is 1. The first-order valence-electron chi connectivity index (χ1n) is 13.9.